The Hall–Kier alpha value is -0.830. The first-order valence-corrected chi connectivity index (χ1v) is 6.62. The number of carbonyl (C=O) groups excluding carboxylic acids is 1. The molecular weight excluding hydrogens is 212 g/mol. The Balaban J connectivity index is 2.72. The van der Waals surface area contributed by atoms with E-state index in [-0.39, 0.29) is 17.5 Å². The lowest BCUT2D eigenvalue weighted by atomic mass is 10.0. The topological polar surface area (TPSA) is 32.3 Å². The third kappa shape index (κ3) is 4.15. The van der Waals surface area contributed by atoms with Crippen molar-refractivity contribution in [1.82, 2.24) is 10.2 Å². The van der Waals surface area contributed by atoms with Gasteiger partial charge < -0.3 is 10.2 Å². The van der Waals surface area contributed by atoms with Gasteiger partial charge in [0.2, 0.25) is 5.91 Å². The van der Waals surface area contributed by atoms with Crippen molar-refractivity contribution in [1.29, 1.82) is 0 Å². The van der Waals surface area contributed by atoms with E-state index in [0.717, 1.165) is 19.4 Å². The fourth-order valence-electron chi connectivity index (χ4n) is 2.25. The fraction of sp³-hybridized carbons (Fsp3) is 0.786. The van der Waals surface area contributed by atoms with Gasteiger partial charge in [-0.1, -0.05) is 18.9 Å². The number of nitrogens with one attached hydrogen (secondary N) is 1. The molecule has 1 aliphatic heterocycles. The Morgan fingerprint density at radius 1 is 1.41 bits per heavy atom. The average Bonchev–Trinajstić information content (AvgIpc) is 2.51. The van der Waals surface area contributed by atoms with Crippen LogP contribution in [0.3, 0.4) is 0 Å². The van der Waals surface area contributed by atoms with Crippen molar-refractivity contribution in [3.8, 4) is 0 Å². The van der Waals surface area contributed by atoms with Crippen LogP contribution in [-0.4, -0.2) is 35.5 Å². The summed E-state index contributed by atoms with van der Waals surface area (Å²) in [5.41, 5.74) is -0.140. The molecule has 0 aromatic rings. The van der Waals surface area contributed by atoms with Gasteiger partial charge in [-0.2, -0.15) is 0 Å². The molecule has 0 bridgehead atoms. The summed E-state index contributed by atoms with van der Waals surface area (Å²) in [6, 6.07) is -0.00308. The van der Waals surface area contributed by atoms with Crippen molar-refractivity contribution < 1.29 is 4.79 Å². The second-order valence-electron chi connectivity index (χ2n) is 5.76. The summed E-state index contributed by atoms with van der Waals surface area (Å²) in [4.78, 5) is 14.4. The van der Waals surface area contributed by atoms with Crippen molar-refractivity contribution in [2.45, 2.75) is 58.0 Å². The zero-order valence-corrected chi connectivity index (χ0v) is 11.5. The minimum atomic E-state index is -0.140. The molecule has 0 aromatic carbocycles. The largest absolute Gasteiger partial charge is 0.333 e. The first-order valence-electron chi connectivity index (χ1n) is 6.62. The quantitative estimate of drug-likeness (QED) is 0.765. The normalized spacial score (nSPS) is 21.7. The average molecular weight is 238 g/mol. The second kappa shape index (κ2) is 6.20. The van der Waals surface area contributed by atoms with Crippen LogP contribution in [0.4, 0.5) is 0 Å². The third-order valence-electron chi connectivity index (χ3n) is 3.25. The van der Waals surface area contributed by atoms with Gasteiger partial charge in [-0.25, -0.2) is 0 Å². The van der Waals surface area contributed by atoms with Crippen LogP contribution >= 0.6 is 0 Å². The smallest absolute Gasteiger partial charge is 0.240 e. The van der Waals surface area contributed by atoms with E-state index in [1.807, 2.05) is 4.90 Å². The number of hydrogen-bond acceptors (Lipinski definition) is 2. The predicted molar refractivity (Wildman–Crippen MR) is 71.9 cm³/mol. The first-order chi connectivity index (χ1) is 7.96. The molecule has 1 unspecified atom stereocenters. The van der Waals surface area contributed by atoms with Gasteiger partial charge in [-0.3, -0.25) is 4.79 Å². The van der Waals surface area contributed by atoms with E-state index in [9.17, 15) is 4.79 Å². The summed E-state index contributed by atoms with van der Waals surface area (Å²) in [7, 11) is 0. The molecule has 98 valence electrons. The van der Waals surface area contributed by atoms with Crippen LogP contribution < -0.4 is 5.32 Å². The summed E-state index contributed by atoms with van der Waals surface area (Å²) >= 11 is 0. The molecule has 0 aromatic heterocycles. The van der Waals surface area contributed by atoms with E-state index < -0.39 is 0 Å². The highest BCUT2D eigenvalue weighted by molar-refractivity contribution is 5.82. The number of nitrogens with zero attached hydrogens (tertiary/aromatic N) is 1. The van der Waals surface area contributed by atoms with E-state index >= 15 is 0 Å². The van der Waals surface area contributed by atoms with Crippen molar-refractivity contribution in [2.75, 3.05) is 13.1 Å². The van der Waals surface area contributed by atoms with Crippen molar-refractivity contribution in [3.63, 3.8) is 0 Å². The molecule has 17 heavy (non-hydrogen) atoms. The van der Waals surface area contributed by atoms with Crippen molar-refractivity contribution in [2.24, 2.45) is 0 Å². The lowest BCUT2D eigenvalue weighted by Gasteiger charge is -2.37. The highest BCUT2D eigenvalue weighted by Gasteiger charge is 2.30. The van der Waals surface area contributed by atoms with E-state index in [0.29, 0.717) is 6.54 Å². The Morgan fingerprint density at radius 2 is 2.12 bits per heavy atom. The molecule has 1 fully saturated rings. The predicted octanol–water partition coefficient (Wildman–Crippen LogP) is 2.33. The molecule has 1 rings (SSSR count). The molecule has 1 N–H and O–H groups in total. The summed E-state index contributed by atoms with van der Waals surface area (Å²) < 4.78 is 0. The minimum absolute atomic E-state index is 0.00308. The van der Waals surface area contributed by atoms with Crippen LogP contribution in [0.5, 0.6) is 0 Å². The van der Waals surface area contributed by atoms with Crippen LogP contribution in [0.1, 0.15) is 46.5 Å². The van der Waals surface area contributed by atoms with Crippen LogP contribution in [-0.2, 0) is 4.79 Å². The Labute approximate surface area is 105 Å². The van der Waals surface area contributed by atoms with E-state index in [2.05, 4.69) is 32.7 Å². The van der Waals surface area contributed by atoms with Crippen molar-refractivity contribution >= 4 is 5.91 Å². The molecule has 1 aliphatic rings. The number of rotatable bonds is 3. The van der Waals surface area contributed by atoms with Crippen LogP contribution in [0.25, 0.3) is 0 Å². The molecular formula is C14H26N2O. The van der Waals surface area contributed by atoms with E-state index in [4.69, 9.17) is 0 Å². The van der Waals surface area contributed by atoms with Gasteiger partial charge in [0.25, 0.3) is 0 Å². The Bertz CT molecular complexity index is 260. The lowest BCUT2D eigenvalue weighted by molar-refractivity contribution is -0.137. The summed E-state index contributed by atoms with van der Waals surface area (Å²) in [6.07, 6.45) is 6.33. The Morgan fingerprint density at radius 3 is 2.71 bits per heavy atom. The van der Waals surface area contributed by atoms with Gasteiger partial charge in [0.1, 0.15) is 0 Å². The molecule has 0 spiro atoms. The molecule has 0 radical (unpaired) electrons. The number of hydrogen-bond donors (Lipinski definition) is 1. The maximum Gasteiger partial charge on any atom is 0.240 e. The van der Waals surface area contributed by atoms with E-state index in [1.54, 1.807) is 6.08 Å². The van der Waals surface area contributed by atoms with Gasteiger partial charge in [0, 0.05) is 12.1 Å². The third-order valence-corrected chi connectivity index (χ3v) is 3.25. The SMILES string of the molecule is C=CCN(C(=O)C1CCCCCN1)C(C)(C)C. The zero-order valence-electron chi connectivity index (χ0n) is 11.5. The van der Waals surface area contributed by atoms with Crippen molar-refractivity contribution in [3.05, 3.63) is 12.7 Å². The molecule has 1 amide bonds. The first kappa shape index (κ1) is 14.2. The monoisotopic (exact) mass is 238 g/mol. The summed E-state index contributed by atoms with van der Waals surface area (Å²) in [6.45, 7) is 11.6. The van der Waals surface area contributed by atoms with Crippen LogP contribution in [0.15, 0.2) is 12.7 Å². The maximum absolute atomic E-state index is 12.5. The van der Waals surface area contributed by atoms with Gasteiger partial charge in [0.05, 0.1) is 6.04 Å². The van der Waals surface area contributed by atoms with Gasteiger partial charge in [0.15, 0.2) is 0 Å². The minimum Gasteiger partial charge on any atom is -0.333 e. The summed E-state index contributed by atoms with van der Waals surface area (Å²) in [5.74, 6) is 0.222. The van der Waals surface area contributed by atoms with E-state index in [1.165, 1.54) is 12.8 Å². The summed E-state index contributed by atoms with van der Waals surface area (Å²) in [5, 5.41) is 3.37. The zero-order chi connectivity index (χ0) is 12.9. The van der Waals surface area contributed by atoms with Gasteiger partial charge in [-0.05, 0) is 40.2 Å². The van der Waals surface area contributed by atoms with Gasteiger partial charge in [-0.15, -0.1) is 6.58 Å². The highest BCUT2D eigenvalue weighted by atomic mass is 16.2. The molecule has 1 heterocycles. The lowest BCUT2D eigenvalue weighted by Crippen LogP contribution is -2.53. The standard InChI is InChI=1S/C14H26N2O/c1-5-11-16(14(2,3)4)13(17)12-9-7-6-8-10-15-12/h5,12,15H,1,6-11H2,2-4H3. The molecule has 0 aliphatic carbocycles. The van der Waals surface area contributed by atoms with Crippen LogP contribution in [0, 0.1) is 0 Å². The molecule has 0 saturated carbocycles. The van der Waals surface area contributed by atoms with Gasteiger partial charge >= 0.3 is 0 Å². The fourth-order valence-corrected chi connectivity index (χ4v) is 2.25. The molecule has 3 heteroatoms. The Kier molecular flexibility index (Phi) is 5.19. The highest BCUT2D eigenvalue weighted by Crippen LogP contribution is 2.18. The number of carbonyl (C=O) groups is 1. The maximum atomic E-state index is 12.5. The molecule has 3 nitrogen and oxygen atoms in total. The second-order valence-corrected chi connectivity index (χ2v) is 5.76. The molecule has 1 saturated heterocycles. The number of amides is 1. The van der Waals surface area contributed by atoms with Crippen LogP contribution in [0.2, 0.25) is 0 Å². The molecule has 1 atom stereocenters.